The highest BCUT2D eigenvalue weighted by Crippen LogP contribution is 2.43. The van der Waals surface area contributed by atoms with Gasteiger partial charge in [-0.25, -0.2) is 0 Å². The van der Waals surface area contributed by atoms with E-state index in [1.165, 1.54) is 0 Å². The van der Waals surface area contributed by atoms with E-state index in [0.29, 0.717) is 6.42 Å². The van der Waals surface area contributed by atoms with Crippen molar-refractivity contribution in [2.24, 2.45) is 5.92 Å². The van der Waals surface area contributed by atoms with Crippen LogP contribution < -0.4 is 0 Å². The Kier molecular flexibility index (Phi) is 10.5. The Balaban J connectivity index is 3.44. The minimum Gasteiger partial charge on any atom is -0.457 e. The molecule has 33 heavy (non-hydrogen) atoms. The van der Waals surface area contributed by atoms with Crippen LogP contribution in [0.15, 0.2) is 0 Å². The summed E-state index contributed by atoms with van der Waals surface area (Å²) >= 11 is 0. The minimum absolute atomic E-state index is 0.00138. The lowest BCUT2D eigenvalue weighted by Gasteiger charge is -2.51. The van der Waals surface area contributed by atoms with Crippen molar-refractivity contribution >= 4 is 22.6 Å². The summed E-state index contributed by atoms with van der Waals surface area (Å²) in [4.78, 5) is 12.9. The largest absolute Gasteiger partial charge is 0.457 e. The number of carbonyl (C=O) groups is 1. The highest BCUT2D eigenvalue weighted by atomic mass is 28.4. The molecule has 0 spiro atoms. The number of rotatable bonds is 9. The lowest BCUT2D eigenvalue weighted by Crippen LogP contribution is -2.65. The summed E-state index contributed by atoms with van der Waals surface area (Å²) < 4.78 is 31.9. The van der Waals surface area contributed by atoms with Gasteiger partial charge in [0.25, 0.3) is 0 Å². The van der Waals surface area contributed by atoms with Crippen LogP contribution in [0.3, 0.4) is 0 Å². The second-order valence-corrected chi connectivity index (χ2v) is 22.3. The molecule has 0 N–H and O–H groups in total. The van der Waals surface area contributed by atoms with Gasteiger partial charge in [0.1, 0.15) is 12.2 Å². The Bertz CT molecular complexity index is 638. The van der Waals surface area contributed by atoms with Crippen LogP contribution in [-0.4, -0.2) is 60.4 Å². The van der Waals surface area contributed by atoms with Crippen molar-refractivity contribution in [1.82, 2.24) is 0 Å². The van der Waals surface area contributed by atoms with E-state index >= 15 is 0 Å². The van der Waals surface area contributed by atoms with Crippen LogP contribution >= 0.6 is 0 Å². The average Bonchev–Trinajstić information content (AvgIpc) is 2.64. The van der Waals surface area contributed by atoms with E-state index in [1.807, 2.05) is 6.92 Å². The molecule has 0 aromatic rings. The maximum atomic E-state index is 12.9. The second-order valence-electron chi connectivity index (χ2n) is 12.8. The average molecular weight is 505 g/mol. The second kappa shape index (κ2) is 11.2. The highest BCUT2D eigenvalue weighted by molar-refractivity contribution is 6.74. The molecule has 6 nitrogen and oxygen atoms in total. The zero-order chi connectivity index (χ0) is 26.0. The number of carbonyl (C=O) groups excluding carboxylic acids is 1. The van der Waals surface area contributed by atoms with Crippen molar-refractivity contribution in [3.63, 3.8) is 0 Å². The first kappa shape index (κ1) is 30.8. The van der Waals surface area contributed by atoms with Crippen molar-refractivity contribution in [3.05, 3.63) is 0 Å². The number of methoxy groups -OCH3 is 1. The van der Waals surface area contributed by atoms with Crippen molar-refractivity contribution in [2.45, 2.75) is 142 Å². The summed E-state index contributed by atoms with van der Waals surface area (Å²) in [5, 5.41) is -0.0114. The van der Waals surface area contributed by atoms with Crippen LogP contribution in [-0.2, 0) is 27.9 Å². The molecule has 0 unspecified atom stereocenters. The maximum absolute atomic E-state index is 12.9. The van der Waals surface area contributed by atoms with E-state index < -0.39 is 41.2 Å². The van der Waals surface area contributed by atoms with E-state index in [-0.39, 0.29) is 28.1 Å². The van der Waals surface area contributed by atoms with Gasteiger partial charge in [0.05, 0.1) is 6.10 Å². The molecule has 0 radical (unpaired) electrons. The Labute approximate surface area is 205 Å². The molecular formula is C25H52O6Si2. The fourth-order valence-corrected chi connectivity index (χ4v) is 5.83. The van der Waals surface area contributed by atoms with Crippen molar-refractivity contribution < 1.29 is 27.9 Å². The number of hydrogen-bond donors (Lipinski definition) is 0. The van der Waals surface area contributed by atoms with Gasteiger partial charge in [-0.1, -0.05) is 61.8 Å². The fraction of sp³-hybridized carbons (Fsp3) is 0.960. The standard InChI is InChI=1S/C25H52O6Si2/c1-15-17(2)16-19(26)29-20-18(3)28-23(27-10)22(31-33(13,14)25(7,8)9)21(20)30-32(11,12)24(4,5)6/h17-18,20-23H,15-16H2,1-14H3/t17-,18-,20-,21+,22-,23+/m1/s1. The predicted octanol–water partition coefficient (Wildman–Crippen LogP) is 6.51. The van der Waals surface area contributed by atoms with Gasteiger partial charge in [-0.05, 0) is 49.1 Å². The van der Waals surface area contributed by atoms with Gasteiger partial charge in [-0.2, -0.15) is 0 Å². The molecule has 8 heteroatoms. The molecule has 0 saturated carbocycles. The molecule has 0 aromatic heterocycles. The van der Waals surface area contributed by atoms with E-state index in [2.05, 4.69) is 81.6 Å². The van der Waals surface area contributed by atoms with Crippen LogP contribution in [0.1, 0.15) is 75.2 Å². The SMILES string of the molecule is CC[C@@H](C)CC(=O)O[C@H]1[C@H](O[Si](C)(C)C(C)(C)C)[C@@H](O[Si](C)(C)C(C)(C)C)[C@@H](OC)O[C@@H]1C. The zero-order valence-electron chi connectivity index (χ0n) is 23.8. The third kappa shape index (κ3) is 7.87. The quantitative estimate of drug-likeness (QED) is 0.263. The molecule has 1 aliphatic rings. The number of ether oxygens (including phenoxy) is 3. The number of esters is 1. The monoisotopic (exact) mass is 504 g/mol. The van der Waals surface area contributed by atoms with Crippen LogP contribution in [0.25, 0.3) is 0 Å². The molecule has 1 rings (SSSR count). The first-order valence-corrected chi connectivity index (χ1v) is 18.3. The third-order valence-corrected chi connectivity index (χ3v) is 16.9. The summed E-state index contributed by atoms with van der Waals surface area (Å²) in [6.07, 6.45) is -1.15. The smallest absolute Gasteiger partial charge is 0.306 e. The number of hydrogen-bond acceptors (Lipinski definition) is 6. The van der Waals surface area contributed by atoms with Crippen LogP contribution in [0, 0.1) is 5.92 Å². The van der Waals surface area contributed by atoms with Crippen LogP contribution in [0.4, 0.5) is 0 Å². The Morgan fingerprint density at radius 1 is 0.909 bits per heavy atom. The molecule has 0 aliphatic carbocycles. The molecule has 0 aromatic carbocycles. The molecule has 0 amide bonds. The van der Waals surface area contributed by atoms with Crippen LogP contribution in [0.5, 0.6) is 0 Å². The zero-order valence-corrected chi connectivity index (χ0v) is 25.8. The lowest BCUT2D eigenvalue weighted by molar-refractivity contribution is -0.282. The fourth-order valence-electron chi connectivity index (χ4n) is 3.25. The van der Waals surface area contributed by atoms with Crippen molar-refractivity contribution in [3.8, 4) is 0 Å². The molecule has 1 aliphatic heterocycles. The molecule has 1 saturated heterocycles. The van der Waals surface area contributed by atoms with Gasteiger partial charge >= 0.3 is 5.97 Å². The molecule has 0 bridgehead atoms. The van der Waals surface area contributed by atoms with Gasteiger partial charge in [-0.15, -0.1) is 0 Å². The molecule has 6 atom stereocenters. The van der Waals surface area contributed by atoms with Gasteiger partial charge in [0, 0.05) is 13.5 Å². The summed E-state index contributed by atoms with van der Waals surface area (Å²) in [6.45, 7) is 28.2. The summed E-state index contributed by atoms with van der Waals surface area (Å²) in [7, 11) is -2.79. The Hall–Kier alpha value is -0.256. The highest BCUT2D eigenvalue weighted by Gasteiger charge is 2.54. The van der Waals surface area contributed by atoms with E-state index in [9.17, 15) is 4.79 Å². The normalized spacial score (nSPS) is 28.5. The maximum Gasteiger partial charge on any atom is 0.306 e. The van der Waals surface area contributed by atoms with E-state index in [0.717, 1.165) is 6.42 Å². The van der Waals surface area contributed by atoms with Gasteiger partial charge in [0.2, 0.25) is 0 Å². The predicted molar refractivity (Wildman–Crippen MR) is 139 cm³/mol. The van der Waals surface area contributed by atoms with E-state index in [4.69, 9.17) is 23.1 Å². The Morgan fingerprint density at radius 2 is 1.36 bits per heavy atom. The summed E-state index contributed by atoms with van der Waals surface area (Å²) in [5.41, 5.74) is 0. The molecule has 1 heterocycles. The van der Waals surface area contributed by atoms with Gasteiger partial charge in [-0.3, -0.25) is 4.79 Å². The van der Waals surface area contributed by atoms with Crippen LogP contribution in [0.2, 0.25) is 36.3 Å². The Morgan fingerprint density at radius 3 is 1.76 bits per heavy atom. The molecule has 1 fully saturated rings. The molecular weight excluding hydrogens is 452 g/mol. The third-order valence-electron chi connectivity index (χ3n) is 7.91. The van der Waals surface area contributed by atoms with Crippen molar-refractivity contribution in [2.75, 3.05) is 7.11 Å². The van der Waals surface area contributed by atoms with Gasteiger partial charge in [0.15, 0.2) is 29.0 Å². The molecule has 196 valence electrons. The van der Waals surface area contributed by atoms with Gasteiger partial charge < -0.3 is 23.1 Å². The van der Waals surface area contributed by atoms with Crippen molar-refractivity contribution in [1.29, 1.82) is 0 Å². The first-order chi connectivity index (χ1) is 14.8. The minimum atomic E-state index is -2.23. The summed E-state index contributed by atoms with van der Waals surface area (Å²) in [6, 6.07) is 0. The summed E-state index contributed by atoms with van der Waals surface area (Å²) in [5.74, 6) is 0.0543. The van der Waals surface area contributed by atoms with E-state index in [1.54, 1.807) is 7.11 Å². The first-order valence-electron chi connectivity index (χ1n) is 12.5. The lowest BCUT2D eigenvalue weighted by atomic mass is 9.99. The topological polar surface area (TPSA) is 63.2 Å².